The van der Waals surface area contributed by atoms with Crippen molar-refractivity contribution in [3.8, 4) is 0 Å². The van der Waals surface area contributed by atoms with Crippen LogP contribution in [0.25, 0.3) is 0 Å². The molecule has 2 aromatic carbocycles. The molecule has 3 rings (SSSR count). The van der Waals surface area contributed by atoms with E-state index in [2.05, 4.69) is 5.32 Å². The number of hydrogen-bond acceptors (Lipinski definition) is 4. The molecule has 0 spiro atoms. The Kier molecular flexibility index (Phi) is 4.47. The highest BCUT2D eigenvalue weighted by Gasteiger charge is 2.35. The Bertz CT molecular complexity index is 850. The fraction of sp³-hybridized carbons (Fsp3) is 0.222. The summed E-state index contributed by atoms with van der Waals surface area (Å²) >= 11 is 0. The lowest BCUT2D eigenvalue weighted by molar-refractivity contribution is -0.383. The van der Waals surface area contributed by atoms with Crippen molar-refractivity contribution in [1.82, 2.24) is 0 Å². The molecule has 128 valence electrons. The normalized spacial score (nSPS) is 16.8. The van der Waals surface area contributed by atoms with Gasteiger partial charge in [-0.1, -0.05) is 24.3 Å². The van der Waals surface area contributed by atoms with Crippen molar-refractivity contribution in [1.29, 1.82) is 0 Å². The predicted octanol–water partition coefficient (Wildman–Crippen LogP) is 2.89. The third-order valence-corrected chi connectivity index (χ3v) is 4.17. The summed E-state index contributed by atoms with van der Waals surface area (Å²) < 4.78 is 0. The van der Waals surface area contributed by atoms with Crippen LogP contribution in [0.5, 0.6) is 0 Å². The van der Waals surface area contributed by atoms with Crippen LogP contribution in [0.1, 0.15) is 12.0 Å². The Labute approximate surface area is 144 Å². The van der Waals surface area contributed by atoms with Gasteiger partial charge >= 0.3 is 0 Å². The van der Waals surface area contributed by atoms with Crippen molar-refractivity contribution in [2.75, 3.05) is 16.8 Å². The molecule has 1 N–H and O–H groups in total. The van der Waals surface area contributed by atoms with E-state index in [0.29, 0.717) is 0 Å². The molecule has 2 amide bonds. The molecule has 1 aliphatic heterocycles. The summed E-state index contributed by atoms with van der Waals surface area (Å²) in [6.07, 6.45) is 0.0837. The first-order valence-corrected chi connectivity index (χ1v) is 7.87. The van der Waals surface area contributed by atoms with Crippen molar-refractivity contribution in [3.63, 3.8) is 0 Å². The molecule has 0 aromatic heterocycles. The van der Waals surface area contributed by atoms with Crippen LogP contribution in [0, 0.1) is 23.0 Å². The molecule has 7 heteroatoms. The van der Waals surface area contributed by atoms with Crippen molar-refractivity contribution in [3.05, 3.63) is 64.2 Å². The Hall–Kier alpha value is -3.22. The maximum atomic E-state index is 12.5. The van der Waals surface area contributed by atoms with Gasteiger partial charge in [-0.3, -0.25) is 19.7 Å². The standard InChI is InChI=1S/C18H17N3O4/c1-12-5-4-6-14(9-12)20-11-13(10-17(20)22)18(23)19-15-7-2-3-8-16(15)21(24)25/h2-9,13H,10-11H2,1H3,(H,19,23)/t13-/m0/s1. The molecule has 0 radical (unpaired) electrons. The van der Waals surface area contributed by atoms with Crippen LogP contribution < -0.4 is 10.2 Å². The quantitative estimate of drug-likeness (QED) is 0.685. The van der Waals surface area contributed by atoms with E-state index in [0.717, 1.165) is 11.3 Å². The van der Waals surface area contributed by atoms with Gasteiger partial charge in [-0.05, 0) is 30.7 Å². The Morgan fingerprint density at radius 1 is 1.24 bits per heavy atom. The van der Waals surface area contributed by atoms with Gasteiger partial charge in [0.05, 0.1) is 10.8 Å². The van der Waals surface area contributed by atoms with Crippen molar-refractivity contribution >= 4 is 28.9 Å². The van der Waals surface area contributed by atoms with E-state index in [1.54, 1.807) is 11.0 Å². The van der Waals surface area contributed by atoms with Gasteiger partial charge in [-0.15, -0.1) is 0 Å². The van der Waals surface area contributed by atoms with Gasteiger partial charge in [0.2, 0.25) is 11.8 Å². The zero-order valence-corrected chi connectivity index (χ0v) is 13.6. The lowest BCUT2D eigenvalue weighted by Crippen LogP contribution is -2.28. The molecule has 1 heterocycles. The molecule has 25 heavy (non-hydrogen) atoms. The highest BCUT2D eigenvalue weighted by molar-refractivity contribution is 6.04. The number of para-hydroxylation sites is 2. The Morgan fingerprint density at radius 2 is 2.00 bits per heavy atom. The van der Waals surface area contributed by atoms with Gasteiger partial charge in [-0.2, -0.15) is 0 Å². The minimum atomic E-state index is -0.548. The number of nitrogens with one attached hydrogen (secondary N) is 1. The Morgan fingerprint density at radius 3 is 2.72 bits per heavy atom. The predicted molar refractivity (Wildman–Crippen MR) is 93.4 cm³/mol. The second kappa shape index (κ2) is 6.72. The van der Waals surface area contributed by atoms with E-state index in [9.17, 15) is 19.7 Å². The molecule has 1 aliphatic rings. The van der Waals surface area contributed by atoms with E-state index in [-0.39, 0.29) is 30.2 Å². The number of hydrogen-bond donors (Lipinski definition) is 1. The van der Waals surface area contributed by atoms with Gasteiger partial charge in [0.1, 0.15) is 5.69 Å². The number of aryl methyl sites for hydroxylation is 1. The average Bonchev–Trinajstić information content (AvgIpc) is 2.97. The van der Waals surface area contributed by atoms with Crippen LogP contribution in [-0.2, 0) is 9.59 Å². The van der Waals surface area contributed by atoms with E-state index in [4.69, 9.17) is 0 Å². The highest BCUT2D eigenvalue weighted by atomic mass is 16.6. The van der Waals surface area contributed by atoms with Crippen LogP contribution in [0.15, 0.2) is 48.5 Å². The van der Waals surface area contributed by atoms with Gasteiger partial charge in [-0.25, -0.2) is 0 Å². The summed E-state index contributed by atoms with van der Waals surface area (Å²) in [5.74, 6) is -1.07. The summed E-state index contributed by atoms with van der Waals surface area (Å²) in [5.41, 5.74) is 1.75. The highest BCUT2D eigenvalue weighted by Crippen LogP contribution is 2.28. The number of benzene rings is 2. The number of rotatable bonds is 4. The molecule has 7 nitrogen and oxygen atoms in total. The lowest BCUT2D eigenvalue weighted by Gasteiger charge is -2.17. The minimum absolute atomic E-state index is 0.0837. The molecule has 0 unspecified atom stereocenters. The summed E-state index contributed by atoms with van der Waals surface area (Å²) in [4.78, 5) is 36.8. The SMILES string of the molecule is Cc1cccc(N2C[C@@H](C(=O)Nc3ccccc3[N+](=O)[O-])CC2=O)c1. The monoisotopic (exact) mass is 339 g/mol. The van der Waals surface area contributed by atoms with Crippen molar-refractivity contribution in [2.45, 2.75) is 13.3 Å². The molecule has 0 saturated carbocycles. The summed E-state index contributed by atoms with van der Waals surface area (Å²) in [6.45, 7) is 2.19. The fourth-order valence-electron chi connectivity index (χ4n) is 2.90. The second-order valence-corrected chi connectivity index (χ2v) is 6.01. The van der Waals surface area contributed by atoms with Gasteiger partial charge < -0.3 is 10.2 Å². The van der Waals surface area contributed by atoms with Gasteiger partial charge in [0.15, 0.2) is 0 Å². The molecule has 2 aromatic rings. The van der Waals surface area contributed by atoms with Crippen LogP contribution >= 0.6 is 0 Å². The Balaban J connectivity index is 1.74. The molecular formula is C18H17N3O4. The summed E-state index contributed by atoms with van der Waals surface area (Å²) in [5, 5.41) is 13.6. The van der Waals surface area contributed by atoms with E-state index < -0.39 is 16.7 Å². The first-order valence-electron chi connectivity index (χ1n) is 7.87. The number of carbonyl (C=O) groups is 2. The largest absolute Gasteiger partial charge is 0.320 e. The molecular weight excluding hydrogens is 322 g/mol. The van der Waals surface area contributed by atoms with Crippen molar-refractivity contribution < 1.29 is 14.5 Å². The fourth-order valence-corrected chi connectivity index (χ4v) is 2.90. The molecule has 1 saturated heterocycles. The van der Waals surface area contributed by atoms with Crippen molar-refractivity contribution in [2.24, 2.45) is 5.92 Å². The number of nitrogens with zero attached hydrogens (tertiary/aromatic N) is 2. The molecule has 1 atom stereocenters. The number of nitro benzene ring substituents is 1. The lowest BCUT2D eigenvalue weighted by atomic mass is 10.1. The van der Waals surface area contributed by atoms with Crippen LogP contribution in [0.2, 0.25) is 0 Å². The first kappa shape index (κ1) is 16.6. The van der Waals surface area contributed by atoms with Gasteiger partial charge in [0.25, 0.3) is 5.69 Å². The third-order valence-electron chi connectivity index (χ3n) is 4.17. The number of anilines is 2. The van der Waals surface area contributed by atoms with Gasteiger partial charge in [0, 0.05) is 24.7 Å². The topological polar surface area (TPSA) is 92.6 Å². The van der Waals surface area contributed by atoms with Crippen LogP contribution in [0.3, 0.4) is 0 Å². The minimum Gasteiger partial charge on any atom is -0.320 e. The maximum absolute atomic E-state index is 12.5. The zero-order chi connectivity index (χ0) is 18.0. The third kappa shape index (κ3) is 3.50. The first-order chi connectivity index (χ1) is 12.0. The maximum Gasteiger partial charge on any atom is 0.292 e. The number of amides is 2. The molecule has 0 bridgehead atoms. The number of carbonyl (C=O) groups excluding carboxylic acids is 2. The zero-order valence-electron chi connectivity index (χ0n) is 13.6. The van der Waals surface area contributed by atoms with E-state index in [1.165, 1.54) is 18.2 Å². The summed E-state index contributed by atoms with van der Waals surface area (Å²) in [6, 6.07) is 13.5. The van der Waals surface area contributed by atoms with E-state index in [1.807, 2.05) is 31.2 Å². The molecule has 0 aliphatic carbocycles. The average molecular weight is 339 g/mol. The summed E-state index contributed by atoms with van der Waals surface area (Å²) in [7, 11) is 0. The molecule has 1 fully saturated rings. The van der Waals surface area contributed by atoms with Crippen LogP contribution in [0.4, 0.5) is 17.1 Å². The second-order valence-electron chi connectivity index (χ2n) is 6.01. The number of nitro groups is 1. The smallest absolute Gasteiger partial charge is 0.292 e. The van der Waals surface area contributed by atoms with Crippen LogP contribution in [-0.4, -0.2) is 23.3 Å². The van der Waals surface area contributed by atoms with E-state index >= 15 is 0 Å².